The molecular weight excluding hydrogens is 240 g/mol. The molecule has 1 aromatic carbocycles. The summed E-state index contributed by atoms with van der Waals surface area (Å²) in [5.74, 6) is -0.0276. The predicted molar refractivity (Wildman–Crippen MR) is 76.4 cm³/mol. The van der Waals surface area contributed by atoms with E-state index >= 15 is 0 Å². The molecule has 4 nitrogen and oxygen atoms in total. The number of hydrazine groups is 1. The van der Waals surface area contributed by atoms with Crippen LogP contribution < -0.4 is 5.43 Å². The molecule has 0 unspecified atom stereocenters. The first-order valence-corrected chi connectivity index (χ1v) is 6.81. The van der Waals surface area contributed by atoms with Crippen molar-refractivity contribution >= 4 is 5.91 Å². The molecule has 19 heavy (non-hydrogen) atoms. The first-order chi connectivity index (χ1) is 9.08. The normalized spacial score (nSPS) is 12.7. The average Bonchev–Trinajstić information content (AvgIpc) is 2.43. The molecule has 0 heterocycles. The van der Waals surface area contributed by atoms with Crippen LogP contribution in [0.3, 0.4) is 0 Å². The third-order valence-corrected chi connectivity index (χ3v) is 3.05. The third-order valence-electron chi connectivity index (χ3n) is 3.05. The van der Waals surface area contributed by atoms with Gasteiger partial charge in [-0.15, -0.1) is 0 Å². The summed E-state index contributed by atoms with van der Waals surface area (Å²) >= 11 is 0. The summed E-state index contributed by atoms with van der Waals surface area (Å²) in [5, 5.41) is 11.4. The standard InChI is InChI=1S/C15H24N2O2/c1-4-15(19)16-17(12(2)3)14(11-18)10-13-8-6-5-7-9-13/h5-9,12,14,18H,4,10-11H2,1-3H3,(H,16,19)/t14-/m0/s1. The number of carbonyl (C=O) groups is 1. The van der Waals surface area contributed by atoms with Crippen LogP contribution in [-0.2, 0) is 11.2 Å². The van der Waals surface area contributed by atoms with E-state index in [1.165, 1.54) is 0 Å². The van der Waals surface area contributed by atoms with Gasteiger partial charge in [-0.2, -0.15) is 0 Å². The van der Waals surface area contributed by atoms with Gasteiger partial charge in [0.15, 0.2) is 0 Å². The molecule has 0 fully saturated rings. The van der Waals surface area contributed by atoms with Gasteiger partial charge in [-0.25, -0.2) is 5.01 Å². The molecule has 1 aromatic rings. The van der Waals surface area contributed by atoms with Crippen molar-refractivity contribution in [1.82, 2.24) is 10.4 Å². The number of hydrogen-bond donors (Lipinski definition) is 2. The van der Waals surface area contributed by atoms with Gasteiger partial charge in [-0.05, 0) is 25.8 Å². The van der Waals surface area contributed by atoms with Crippen molar-refractivity contribution in [3.63, 3.8) is 0 Å². The topological polar surface area (TPSA) is 52.6 Å². The van der Waals surface area contributed by atoms with Crippen LogP contribution in [0.1, 0.15) is 32.8 Å². The number of benzene rings is 1. The molecule has 1 amide bonds. The summed E-state index contributed by atoms with van der Waals surface area (Å²) in [4.78, 5) is 11.6. The number of aliphatic hydroxyl groups excluding tert-OH is 1. The Bertz CT molecular complexity index is 379. The molecule has 0 aliphatic heterocycles. The number of amides is 1. The molecule has 0 bridgehead atoms. The van der Waals surface area contributed by atoms with Crippen molar-refractivity contribution in [1.29, 1.82) is 0 Å². The monoisotopic (exact) mass is 264 g/mol. The van der Waals surface area contributed by atoms with Crippen LogP contribution in [0.2, 0.25) is 0 Å². The average molecular weight is 264 g/mol. The Morgan fingerprint density at radius 3 is 2.42 bits per heavy atom. The van der Waals surface area contributed by atoms with Crippen LogP contribution >= 0.6 is 0 Å². The SMILES string of the molecule is CCC(=O)NN(C(C)C)[C@H](CO)Cc1ccccc1. The molecule has 0 aliphatic rings. The molecule has 0 radical (unpaired) electrons. The van der Waals surface area contributed by atoms with Crippen LogP contribution in [0.15, 0.2) is 30.3 Å². The van der Waals surface area contributed by atoms with Crippen molar-refractivity contribution < 1.29 is 9.90 Å². The molecule has 2 N–H and O–H groups in total. The highest BCUT2D eigenvalue weighted by molar-refractivity contribution is 5.74. The van der Waals surface area contributed by atoms with Crippen molar-refractivity contribution in [2.75, 3.05) is 6.61 Å². The van der Waals surface area contributed by atoms with E-state index in [1.807, 2.05) is 56.1 Å². The van der Waals surface area contributed by atoms with Gasteiger partial charge in [-0.1, -0.05) is 37.3 Å². The molecule has 1 rings (SSSR count). The fourth-order valence-electron chi connectivity index (χ4n) is 2.00. The Morgan fingerprint density at radius 2 is 1.95 bits per heavy atom. The quantitative estimate of drug-likeness (QED) is 0.738. The fourth-order valence-corrected chi connectivity index (χ4v) is 2.00. The molecule has 0 aromatic heterocycles. The number of nitrogens with one attached hydrogen (secondary N) is 1. The summed E-state index contributed by atoms with van der Waals surface area (Å²) in [5.41, 5.74) is 4.02. The molecule has 0 saturated carbocycles. The first kappa shape index (κ1) is 15.7. The summed E-state index contributed by atoms with van der Waals surface area (Å²) in [6.45, 7) is 5.84. The van der Waals surface area contributed by atoms with Crippen LogP contribution in [-0.4, -0.2) is 34.7 Å². The van der Waals surface area contributed by atoms with Gasteiger partial charge in [0.25, 0.3) is 0 Å². The first-order valence-electron chi connectivity index (χ1n) is 6.81. The van der Waals surface area contributed by atoms with Gasteiger partial charge in [0, 0.05) is 12.5 Å². The highest BCUT2D eigenvalue weighted by Gasteiger charge is 2.22. The van der Waals surface area contributed by atoms with Crippen LogP contribution in [0.25, 0.3) is 0 Å². The fraction of sp³-hybridized carbons (Fsp3) is 0.533. The lowest BCUT2D eigenvalue weighted by Gasteiger charge is -2.34. The molecule has 0 saturated heterocycles. The zero-order chi connectivity index (χ0) is 14.3. The van der Waals surface area contributed by atoms with Crippen molar-refractivity contribution in [3.05, 3.63) is 35.9 Å². The van der Waals surface area contributed by atoms with Crippen molar-refractivity contribution in [3.8, 4) is 0 Å². The number of carbonyl (C=O) groups excluding carboxylic acids is 1. The van der Waals surface area contributed by atoms with E-state index in [0.29, 0.717) is 12.8 Å². The minimum atomic E-state index is -0.113. The number of hydrogen-bond acceptors (Lipinski definition) is 3. The highest BCUT2D eigenvalue weighted by Crippen LogP contribution is 2.10. The molecule has 106 valence electrons. The summed E-state index contributed by atoms with van der Waals surface area (Å²) in [6.07, 6.45) is 1.15. The maximum atomic E-state index is 11.6. The number of rotatable bonds is 7. The van der Waals surface area contributed by atoms with Crippen LogP contribution in [0, 0.1) is 0 Å². The smallest absolute Gasteiger partial charge is 0.234 e. The van der Waals surface area contributed by atoms with Gasteiger partial charge in [0.1, 0.15) is 0 Å². The Morgan fingerprint density at radius 1 is 1.32 bits per heavy atom. The van der Waals surface area contributed by atoms with Crippen LogP contribution in [0.4, 0.5) is 0 Å². The van der Waals surface area contributed by atoms with E-state index < -0.39 is 0 Å². The Balaban J connectivity index is 2.76. The number of nitrogens with zero attached hydrogens (tertiary/aromatic N) is 1. The largest absolute Gasteiger partial charge is 0.395 e. The van der Waals surface area contributed by atoms with E-state index in [2.05, 4.69) is 5.43 Å². The highest BCUT2D eigenvalue weighted by atomic mass is 16.3. The van der Waals surface area contributed by atoms with E-state index in [-0.39, 0.29) is 24.6 Å². The second-order valence-corrected chi connectivity index (χ2v) is 4.92. The van der Waals surface area contributed by atoms with E-state index in [1.54, 1.807) is 0 Å². The van der Waals surface area contributed by atoms with Gasteiger partial charge in [0.05, 0.1) is 12.6 Å². The maximum Gasteiger partial charge on any atom is 0.234 e. The molecule has 0 aliphatic carbocycles. The predicted octanol–water partition coefficient (Wildman–Crippen LogP) is 1.74. The van der Waals surface area contributed by atoms with Crippen molar-refractivity contribution in [2.24, 2.45) is 0 Å². The number of aliphatic hydroxyl groups is 1. The van der Waals surface area contributed by atoms with Gasteiger partial charge in [-0.3, -0.25) is 10.2 Å². The Labute approximate surface area is 115 Å². The molecule has 4 heteroatoms. The molecular formula is C15H24N2O2. The molecule has 0 spiro atoms. The van der Waals surface area contributed by atoms with Gasteiger partial charge in [0.2, 0.25) is 5.91 Å². The van der Waals surface area contributed by atoms with Gasteiger partial charge < -0.3 is 5.11 Å². The van der Waals surface area contributed by atoms with Gasteiger partial charge >= 0.3 is 0 Å². The van der Waals surface area contributed by atoms with Crippen LogP contribution in [0.5, 0.6) is 0 Å². The lowest BCUT2D eigenvalue weighted by Crippen LogP contribution is -2.54. The van der Waals surface area contributed by atoms with Crippen molar-refractivity contribution in [2.45, 2.75) is 45.7 Å². The zero-order valence-electron chi connectivity index (χ0n) is 12.0. The Kier molecular flexibility index (Phi) is 6.53. The summed E-state index contributed by atoms with van der Waals surface area (Å²) in [7, 11) is 0. The minimum Gasteiger partial charge on any atom is -0.395 e. The lowest BCUT2D eigenvalue weighted by molar-refractivity contribution is -0.128. The second kappa shape index (κ2) is 7.92. The third kappa shape index (κ3) is 5.01. The zero-order valence-corrected chi connectivity index (χ0v) is 12.0. The summed E-state index contributed by atoms with van der Waals surface area (Å²) < 4.78 is 0. The maximum absolute atomic E-state index is 11.6. The second-order valence-electron chi connectivity index (χ2n) is 4.92. The van der Waals surface area contributed by atoms with E-state index in [0.717, 1.165) is 5.56 Å². The lowest BCUT2D eigenvalue weighted by atomic mass is 10.1. The summed E-state index contributed by atoms with van der Waals surface area (Å²) in [6, 6.07) is 10.0. The molecule has 1 atom stereocenters. The van der Waals surface area contributed by atoms with E-state index in [9.17, 15) is 9.90 Å². The van der Waals surface area contributed by atoms with E-state index in [4.69, 9.17) is 0 Å². The minimum absolute atomic E-state index is 0.0110. The Hall–Kier alpha value is -1.39.